The van der Waals surface area contributed by atoms with Gasteiger partial charge >= 0.3 is 0 Å². The third-order valence-electron chi connectivity index (χ3n) is 2.70. The van der Waals surface area contributed by atoms with Gasteiger partial charge in [0.05, 0.1) is 20.6 Å². The van der Waals surface area contributed by atoms with Crippen LogP contribution in [0.2, 0.25) is 10.0 Å². The van der Waals surface area contributed by atoms with E-state index in [-0.39, 0.29) is 11.9 Å². The minimum Gasteiger partial charge on any atom is -0.390 e. The monoisotopic (exact) mass is 328 g/mol. The molecule has 0 aliphatic rings. The summed E-state index contributed by atoms with van der Waals surface area (Å²) in [6.07, 6.45) is 0. The molecule has 0 radical (unpaired) electrons. The van der Waals surface area contributed by atoms with Crippen LogP contribution in [0.1, 0.15) is 24.2 Å². The Hall–Kier alpha value is -1.23. The number of nitrogens with two attached hydrogens (primary N) is 1. The first-order valence-corrected chi connectivity index (χ1v) is 7.67. The van der Waals surface area contributed by atoms with E-state index in [1.807, 2.05) is 25.3 Å². The molecule has 0 spiro atoms. The normalized spacial score (nSPS) is 10.8. The molecule has 20 heavy (non-hydrogen) atoms. The van der Waals surface area contributed by atoms with Gasteiger partial charge in [-0.2, -0.15) is 0 Å². The summed E-state index contributed by atoms with van der Waals surface area (Å²) in [7, 11) is 0. The lowest BCUT2D eigenvalue weighted by molar-refractivity contribution is 0.0945. The van der Waals surface area contributed by atoms with Crippen molar-refractivity contribution in [2.45, 2.75) is 19.9 Å². The van der Waals surface area contributed by atoms with Crippen LogP contribution in [0.25, 0.3) is 11.1 Å². The molecular weight excluding hydrogens is 315 g/mol. The Morgan fingerprint density at radius 1 is 1.30 bits per heavy atom. The van der Waals surface area contributed by atoms with Gasteiger partial charge in [-0.25, -0.2) is 0 Å². The number of nitrogens with one attached hydrogen (secondary N) is 1. The first kappa shape index (κ1) is 15.2. The van der Waals surface area contributed by atoms with E-state index in [0.717, 1.165) is 11.1 Å². The summed E-state index contributed by atoms with van der Waals surface area (Å²) >= 11 is 13.3. The van der Waals surface area contributed by atoms with Crippen LogP contribution in [0.5, 0.6) is 0 Å². The molecule has 0 fully saturated rings. The number of benzene rings is 1. The quantitative estimate of drug-likeness (QED) is 0.874. The van der Waals surface area contributed by atoms with Crippen LogP contribution in [-0.4, -0.2) is 11.9 Å². The molecule has 1 heterocycles. The minimum atomic E-state index is -0.181. The van der Waals surface area contributed by atoms with Gasteiger partial charge < -0.3 is 11.1 Å². The Kier molecular flexibility index (Phi) is 4.58. The lowest BCUT2D eigenvalue weighted by Gasteiger charge is -2.10. The largest absolute Gasteiger partial charge is 0.390 e. The second-order valence-corrected chi connectivity index (χ2v) is 6.37. The van der Waals surface area contributed by atoms with Gasteiger partial charge in [0, 0.05) is 17.0 Å². The van der Waals surface area contributed by atoms with Gasteiger partial charge in [-0.05, 0) is 31.5 Å². The highest BCUT2D eigenvalue weighted by Gasteiger charge is 2.19. The highest BCUT2D eigenvalue weighted by Crippen LogP contribution is 2.36. The van der Waals surface area contributed by atoms with E-state index in [4.69, 9.17) is 28.9 Å². The molecule has 0 atom stereocenters. The number of hydrogen-bond donors (Lipinski definition) is 2. The summed E-state index contributed by atoms with van der Waals surface area (Å²) < 4.78 is 0. The van der Waals surface area contributed by atoms with Gasteiger partial charge in [0.1, 0.15) is 0 Å². The van der Waals surface area contributed by atoms with Gasteiger partial charge in [0.25, 0.3) is 5.91 Å². The summed E-state index contributed by atoms with van der Waals surface area (Å²) in [6, 6.07) is 5.31. The summed E-state index contributed by atoms with van der Waals surface area (Å²) in [5, 5.41) is 6.12. The molecule has 0 aliphatic carbocycles. The van der Waals surface area contributed by atoms with E-state index < -0.39 is 0 Å². The molecule has 3 nitrogen and oxygen atoms in total. The van der Waals surface area contributed by atoms with E-state index in [2.05, 4.69) is 5.32 Å². The summed E-state index contributed by atoms with van der Waals surface area (Å²) in [6.45, 7) is 3.80. The van der Waals surface area contributed by atoms with Crippen molar-refractivity contribution in [1.29, 1.82) is 0 Å². The third kappa shape index (κ3) is 3.08. The van der Waals surface area contributed by atoms with E-state index in [1.54, 1.807) is 12.1 Å². The molecule has 6 heteroatoms. The van der Waals surface area contributed by atoms with Crippen LogP contribution in [0.3, 0.4) is 0 Å². The molecule has 1 aromatic heterocycles. The smallest absolute Gasteiger partial charge is 0.255 e. The minimum absolute atomic E-state index is 0.0449. The number of halogens is 2. The number of anilines is 1. The fourth-order valence-electron chi connectivity index (χ4n) is 1.82. The molecule has 2 rings (SSSR count). The molecule has 0 aliphatic heterocycles. The number of rotatable bonds is 3. The predicted molar refractivity (Wildman–Crippen MR) is 86.8 cm³/mol. The van der Waals surface area contributed by atoms with Crippen LogP contribution in [0.4, 0.5) is 5.00 Å². The topological polar surface area (TPSA) is 55.1 Å². The van der Waals surface area contributed by atoms with E-state index in [1.165, 1.54) is 11.3 Å². The van der Waals surface area contributed by atoms with Crippen molar-refractivity contribution in [1.82, 2.24) is 5.32 Å². The van der Waals surface area contributed by atoms with Gasteiger partial charge in [0.2, 0.25) is 0 Å². The maximum Gasteiger partial charge on any atom is 0.255 e. The van der Waals surface area contributed by atoms with Crippen molar-refractivity contribution < 1.29 is 4.79 Å². The molecule has 1 amide bonds. The highest BCUT2D eigenvalue weighted by molar-refractivity contribution is 7.15. The Morgan fingerprint density at radius 2 is 2.00 bits per heavy atom. The Balaban J connectivity index is 2.47. The van der Waals surface area contributed by atoms with Crippen molar-refractivity contribution in [2.24, 2.45) is 0 Å². The molecule has 0 bridgehead atoms. The zero-order valence-corrected chi connectivity index (χ0v) is 13.4. The van der Waals surface area contributed by atoms with E-state index in [0.29, 0.717) is 20.6 Å². The molecule has 106 valence electrons. The van der Waals surface area contributed by atoms with Crippen molar-refractivity contribution in [3.05, 3.63) is 39.2 Å². The molecular formula is C14H14Cl2N2OS. The lowest BCUT2D eigenvalue weighted by atomic mass is 10.0. The average Bonchev–Trinajstić information content (AvgIpc) is 2.74. The number of hydrogen-bond acceptors (Lipinski definition) is 3. The molecule has 1 aromatic carbocycles. The fourth-order valence-corrected chi connectivity index (χ4v) is 2.93. The zero-order chi connectivity index (χ0) is 14.9. The predicted octanol–water partition coefficient (Wildman–Crippen LogP) is 4.44. The van der Waals surface area contributed by atoms with Gasteiger partial charge in [-0.15, -0.1) is 11.3 Å². The molecule has 0 saturated carbocycles. The summed E-state index contributed by atoms with van der Waals surface area (Å²) in [5.74, 6) is -0.181. The second kappa shape index (κ2) is 6.04. The van der Waals surface area contributed by atoms with Crippen molar-refractivity contribution in [3.63, 3.8) is 0 Å². The van der Waals surface area contributed by atoms with Crippen molar-refractivity contribution in [2.75, 3.05) is 5.73 Å². The first-order chi connectivity index (χ1) is 9.40. The van der Waals surface area contributed by atoms with Gasteiger partial charge in [0.15, 0.2) is 0 Å². The Bertz CT molecular complexity index is 653. The van der Waals surface area contributed by atoms with Gasteiger partial charge in [-0.1, -0.05) is 29.3 Å². The number of amides is 1. The van der Waals surface area contributed by atoms with Crippen LogP contribution >= 0.6 is 34.5 Å². The van der Waals surface area contributed by atoms with Crippen molar-refractivity contribution >= 4 is 45.4 Å². The third-order valence-corrected chi connectivity index (χ3v) is 4.25. The van der Waals surface area contributed by atoms with Crippen LogP contribution in [-0.2, 0) is 0 Å². The SMILES string of the molecule is CC(C)NC(=O)c1c(-c2ccc(Cl)c(Cl)c2)csc1N. The average molecular weight is 329 g/mol. The first-order valence-electron chi connectivity index (χ1n) is 6.03. The number of nitrogen functional groups attached to an aromatic ring is 1. The van der Waals surface area contributed by atoms with Crippen LogP contribution in [0.15, 0.2) is 23.6 Å². The second-order valence-electron chi connectivity index (χ2n) is 4.65. The van der Waals surface area contributed by atoms with Crippen LogP contribution in [0, 0.1) is 0 Å². The van der Waals surface area contributed by atoms with E-state index in [9.17, 15) is 4.79 Å². The number of carbonyl (C=O) groups is 1. The maximum absolute atomic E-state index is 12.2. The Labute approximate surface area is 131 Å². The fraction of sp³-hybridized carbons (Fsp3) is 0.214. The number of thiophene rings is 1. The van der Waals surface area contributed by atoms with Gasteiger partial charge in [-0.3, -0.25) is 4.79 Å². The molecule has 0 unspecified atom stereocenters. The standard InChI is InChI=1S/C14H14Cl2N2OS/c1-7(2)18-14(19)12-9(6-20-13(12)17)8-3-4-10(15)11(16)5-8/h3-7H,17H2,1-2H3,(H,18,19). The lowest BCUT2D eigenvalue weighted by Crippen LogP contribution is -2.30. The number of carbonyl (C=O) groups excluding carboxylic acids is 1. The zero-order valence-electron chi connectivity index (χ0n) is 11.0. The highest BCUT2D eigenvalue weighted by atomic mass is 35.5. The van der Waals surface area contributed by atoms with E-state index >= 15 is 0 Å². The summed E-state index contributed by atoms with van der Waals surface area (Å²) in [5.41, 5.74) is 8.00. The molecule has 2 aromatic rings. The van der Waals surface area contributed by atoms with Crippen LogP contribution < -0.4 is 11.1 Å². The maximum atomic E-state index is 12.2. The molecule has 3 N–H and O–H groups in total. The summed E-state index contributed by atoms with van der Waals surface area (Å²) in [4.78, 5) is 12.2. The van der Waals surface area contributed by atoms with Crippen molar-refractivity contribution in [3.8, 4) is 11.1 Å². The Morgan fingerprint density at radius 3 is 2.60 bits per heavy atom. The molecule has 0 saturated heterocycles.